The number of halogens is 1. The van der Waals surface area contributed by atoms with Crippen molar-refractivity contribution in [3.63, 3.8) is 0 Å². The lowest BCUT2D eigenvalue weighted by Gasteiger charge is -2.08. The average molecular weight is 445 g/mol. The van der Waals surface area contributed by atoms with Crippen LogP contribution in [0.5, 0.6) is 11.5 Å². The maximum Gasteiger partial charge on any atom is 0.343 e. The summed E-state index contributed by atoms with van der Waals surface area (Å²) in [6, 6.07) is 13.0. The monoisotopic (exact) mass is 444 g/mol. The van der Waals surface area contributed by atoms with Gasteiger partial charge in [0, 0.05) is 5.56 Å². The van der Waals surface area contributed by atoms with Gasteiger partial charge in [-0.15, -0.1) is 0 Å². The molecule has 0 saturated heterocycles. The third kappa shape index (κ3) is 10.0. The van der Waals surface area contributed by atoms with E-state index in [0.29, 0.717) is 23.5 Å². The lowest BCUT2D eigenvalue weighted by molar-refractivity contribution is 0.0734. The minimum absolute atomic E-state index is 0.352. The van der Waals surface area contributed by atoms with Gasteiger partial charge in [-0.1, -0.05) is 64.7 Å². The number of rotatable bonds is 15. The molecule has 0 bridgehead atoms. The molecule has 0 aliphatic heterocycles. The molecule has 0 heterocycles. The van der Waals surface area contributed by atoms with Crippen LogP contribution in [0.3, 0.4) is 0 Å². The van der Waals surface area contributed by atoms with Crippen molar-refractivity contribution in [2.24, 2.45) is 0 Å². The predicted molar refractivity (Wildman–Crippen MR) is 125 cm³/mol. The number of hydrogen-bond acceptors (Lipinski definition) is 4. The first-order valence-corrected chi connectivity index (χ1v) is 11.7. The van der Waals surface area contributed by atoms with E-state index in [4.69, 9.17) is 21.1 Å². The highest BCUT2D eigenvalue weighted by atomic mass is 35.5. The van der Waals surface area contributed by atoms with Crippen LogP contribution in [-0.2, 0) is 0 Å². The van der Waals surface area contributed by atoms with Crippen LogP contribution in [0.15, 0.2) is 48.5 Å². The highest BCUT2D eigenvalue weighted by Crippen LogP contribution is 2.18. The summed E-state index contributed by atoms with van der Waals surface area (Å²) in [5.41, 5.74) is 0.786. The molecule has 0 saturated carbocycles. The number of unbranched alkanes of at least 4 members (excludes halogenated alkanes) is 9. The zero-order valence-electron chi connectivity index (χ0n) is 18.4. The van der Waals surface area contributed by atoms with Crippen LogP contribution in [0, 0.1) is 0 Å². The fourth-order valence-corrected chi connectivity index (χ4v) is 3.41. The van der Waals surface area contributed by atoms with E-state index >= 15 is 0 Å². The molecule has 2 rings (SSSR count). The summed E-state index contributed by atoms with van der Waals surface area (Å²) >= 11 is 5.41. The number of esters is 1. The second-order valence-electron chi connectivity index (χ2n) is 7.74. The quantitative estimate of drug-likeness (QED) is 0.123. The van der Waals surface area contributed by atoms with Gasteiger partial charge in [0.05, 0.1) is 12.2 Å². The minimum Gasteiger partial charge on any atom is -0.494 e. The summed E-state index contributed by atoms with van der Waals surface area (Å²) in [5.74, 6) is 0.636. The lowest BCUT2D eigenvalue weighted by atomic mass is 10.1. The molecule has 0 unspecified atom stereocenters. The smallest absolute Gasteiger partial charge is 0.343 e. The lowest BCUT2D eigenvalue weighted by Crippen LogP contribution is -2.08. The number of ether oxygens (including phenoxy) is 2. The van der Waals surface area contributed by atoms with Gasteiger partial charge in [-0.25, -0.2) is 4.79 Å². The molecule has 0 radical (unpaired) electrons. The van der Waals surface area contributed by atoms with E-state index in [2.05, 4.69) is 6.92 Å². The van der Waals surface area contributed by atoms with Gasteiger partial charge in [-0.2, -0.15) is 0 Å². The Morgan fingerprint density at radius 2 is 1.16 bits per heavy atom. The van der Waals surface area contributed by atoms with E-state index in [-0.39, 0.29) is 0 Å². The van der Waals surface area contributed by atoms with E-state index in [1.54, 1.807) is 24.3 Å². The summed E-state index contributed by atoms with van der Waals surface area (Å²) in [5, 5.41) is -0.550. The predicted octanol–water partition coefficient (Wildman–Crippen LogP) is 7.58. The summed E-state index contributed by atoms with van der Waals surface area (Å²) in [4.78, 5) is 23.3. The Hall–Kier alpha value is -2.33. The molecular weight excluding hydrogens is 412 g/mol. The first-order chi connectivity index (χ1) is 15.1. The number of carbonyl (C=O) groups excluding carboxylic acids is 2. The van der Waals surface area contributed by atoms with Crippen molar-refractivity contribution in [3.8, 4) is 11.5 Å². The Morgan fingerprint density at radius 1 is 0.677 bits per heavy atom. The largest absolute Gasteiger partial charge is 0.494 e. The van der Waals surface area contributed by atoms with Crippen molar-refractivity contribution >= 4 is 22.8 Å². The summed E-state index contributed by atoms with van der Waals surface area (Å²) in [7, 11) is 0. The average Bonchev–Trinajstić information content (AvgIpc) is 2.78. The molecule has 0 amide bonds. The second-order valence-corrected chi connectivity index (χ2v) is 8.09. The van der Waals surface area contributed by atoms with E-state index in [1.807, 2.05) is 0 Å². The Labute approximate surface area is 190 Å². The molecule has 0 atom stereocenters. The van der Waals surface area contributed by atoms with Crippen LogP contribution in [0.2, 0.25) is 0 Å². The van der Waals surface area contributed by atoms with Crippen LogP contribution < -0.4 is 9.47 Å². The first kappa shape index (κ1) is 24.9. The molecule has 0 fully saturated rings. The van der Waals surface area contributed by atoms with E-state index < -0.39 is 11.2 Å². The third-order valence-electron chi connectivity index (χ3n) is 5.15. The SMILES string of the molecule is CCCCCCCCCCCCOc1ccc(C(=O)Oc2ccc(C(=O)Cl)cc2)cc1. The molecule has 31 heavy (non-hydrogen) atoms. The van der Waals surface area contributed by atoms with E-state index in [9.17, 15) is 9.59 Å². The molecule has 2 aromatic carbocycles. The molecule has 4 nitrogen and oxygen atoms in total. The van der Waals surface area contributed by atoms with Crippen molar-refractivity contribution in [3.05, 3.63) is 59.7 Å². The van der Waals surface area contributed by atoms with Gasteiger partial charge in [0.25, 0.3) is 5.24 Å². The fraction of sp³-hybridized carbons (Fsp3) is 0.462. The Bertz CT molecular complexity index is 784. The normalized spacial score (nSPS) is 10.6. The van der Waals surface area contributed by atoms with E-state index in [1.165, 1.54) is 82.1 Å². The zero-order chi connectivity index (χ0) is 22.3. The first-order valence-electron chi connectivity index (χ1n) is 11.3. The van der Waals surface area contributed by atoms with Gasteiger partial charge >= 0.3 is 5.97 Å². The van der Waals surface area contributed by atoms with Gasteiger partial charge in [-0.05, 0) is 66.6 Å². The molecule has 5 heteroatoms. The van der Waals surface area contributed by atoms with Crippen molar-refractivity contribution in [2.45, 2.75) is 71.1 Å². The van der Waals surface area contributed by atoms with Crippen LogP contribution in [0.4, 0.5) is 0 Å². The topological polar surface area (TPSA) is 52.6 Å². The Kier molecular flexibility index (Phi) is 11.8. The number of benzene rings is 2. The van der Waals surface area contributed by atoms with Crippen LogP contribution in [-0.4, -0.2) is 17.8 Å². The van der Waals surface area contributed by atoms with Gasteiger partial charge in [0.15, 0.2) is 0 Å². The summed E-state index contributed by atoms with van der Waals surface area (Å²) in [6.07, 6.45) is 12.9. The standard InChI is InChI=1S/C26H33ClO4/c1-2-3-4-5-6-7-8-9-10-11-20-30-23-16-14-22(15-17-23)26(29)31-24-18-12-21(13-19-24)25(27)28/h12-19H,2-11,20H2,1H3. The van der Waals surface area contributed by atoms with Gasteiger partial charge in [-0.3, -0.25) is 4.79 Å². The van der Waals surface area contributed by atoms with Crippen LogP contribution in [0.1, 0.15) is 91.8 Å². The molecule has 0 aliphatic carbocycles. The second kappa shape index (κ2) is 14.6. The Balaban J connectivity index is 1.61. The molecular formula is C26H33ClO4. The highest BCUT2D eigenvalue weighted by Gasteiger charge is 2.10. The van der Waals surface area contributed by atoms with Crippen LogP contribution in [0.25, 0.3) is 0 Å². The van der Waals surface area contributed by atoms with Crippen molar-refractivity contribution in [1.29, 1.82) is 0 Å². The number of hydrogen-bond donors (Lipinski definition) is 0. The molecule has 0 spiro atoms. The summed E-state index contributed by atoms with van der Waals surface area (Å²) in [6.45, 7) is 2.94. The van der Waals surface area contributed by atoms with Gasteiger partial charge < -0.3 is 9.47 Å². The highest BCUT2D eigenvalue weighted by molar-refractivity contribution is 6.67. The van der Waals surface area contributed by atoms with Crippen LogP contribution >= 0.6 is 11.6 Å². The fourth-order valence-electron chi connectivity index (χ4n) is 3.29. The zero-order valence-corrected chi connectivity index (χ0v) is 19.2. The molecule has 0 aliphatic rings. The van der Waals surface area contributed by atoms with Gasteiger partial charge in [0.1, 0.15) is 11.5 Å². The van der Waals surface area contributed by atoms with E-state index in [0.717, 1.165) is 12.2 Å². The molecule has 2 aromatic rings. The van der Waals surface area contributed by atoms with Gasteiger partial charge in [0.2, 0.25) is 0 Å². The molecule has 0 N–H and O–H groups in total. The molecule has 168 valence electrons. The maximum atomic E-state index is 12.2. The Morgan fingerprint density at radius 3 is 1.71 bits per heavy atom. The van der Waals surface area contributed by atoms with Crippen molar-refractivity contribution < 1.29 is 19.1 Å². The maximum absolute atomic E-state index is 12.2. The van der Waals surface area contributed by atoms with Crippen molar-refractivity contribution in [2.75, 3.05) is 6.61 Å². The molecule has 0 aromatic heterocycles. The third-order valence-corrected chi connectivity index (χ3v) is 5.37. The summed E-state index contributed by atoms with van der Waals surface area (Å²) < 4.78 is 11.1. The number of carbonyl (C=O) groups is 2. The van der Waals surface area contributed by atoms with Crippen molar-refractivity contribution in [1.82, 2.24) is 0 Å². The minimum atomic E-state index is -0.550.